The first-order chi connectivity index (χ1) is 9.16. The molecule has 2 rings (SSSR count). The van der Waals surface area contributed by atoms with Crippen LogP contribution in [-0.4, -0.2) is 49.0 Å². The Morgan fingerprint density at radius 1 is 1.37 bits per heavy atom. The van der Waals surface area contributed by atoms with Gasteiger partial charge in [-0.3, -0.25) is 9.59 Å². The number of nitrogens with two attached hydrogens (primary N) is 2. The van der Waals surface area contributed by atoms with Gasteiger partial charge in [0.25, 0.3) is 11.8 Å². The molecule has 0 aromatic heterocycles. The summed E-state index contributed by atoms with van der Waals surface area (Å²) >= 11 is 0. The minimum atomic E-state index is -0.388. The van der Waals surface area contributed by atoms with Gasteiger partial charge in [-0.25, -0.2) is 0 Å². The van der Waals surface area contributed by atoms with E-state index in [1.807, 2.05) is 23.5 Å². The van der Waals surface area contributed by atoms with Crippen molar-refractivity contribution in [3.8, 4) is 5.75 Å². The van der Waals surface area contributed by atoms with Gasteiger partial charge in [0.1, 0.15) is 5.75 Å². The van der Waals surface area contributed by atoms with E-state index in [1.54, 1.807) is 17.0 Å². The number of nitrogens with zero attached hydrogens (tertiary/aromatic N) is 1. The lowest BCUT2D eigenvalue weighted by Gasteiger charge is -2.29. The van der Waals surface area contributed by atoms with Crippen molar-refractivity contribution in [3.63, 3.8) is 0 Å². The summed E-state index contributed by atoms with van der Waals surface area (Å²) < 4.78 is 5.40. The monoisotopic (exact) mass is 264 g/mol. The number of piperazine rings is 1. The number of rotatable bonds is 4. The number of primary amides is 1. The second kappa shape index (κ2) is 6.19. The Bertz CT molecular complexity index is 450. The Hall–Kier alpha value is -2.08. The molecule has 1 aliphatic rings. The zero-order valence-corrected chi connectivity index (χ0v) is 10.6. The molecule has 0 aliphatic carbocycles. The summed E-state index contributed by atoms with van der Waals surface area (Å²) in [6.07, 6.45) is 0. The fraction of sp³-hybridized carbons (Fsp3) is 0.385. The highest BCUT2D eigenvalue weighted by atomic mass is 16.5. The van der Waals surface area contributed by atoms with Gasteiger partial charge in [0.05, 0.1) is 19.6 Å². The van der Waals surface area contributed by atoms with Crippen molar-refractivity contribution in [3.05, 3.63) is 30.3 Å². The molecule has 1 saturated heterocycles. The van der Waals surface area contributed by atoms with Crippen LogP contribution in [-0.2, 0) is 9.59 Å². The lowest BCUT2D eigenvalue weighted by Crippen LogP contribution is -2.97. The van der Waals surface area contributed by atoms with Crippen LogP contribution in [0.2, 0.25) is 0 Å². The number of benzene rings is 1. The molecule has 1 aliphatic heterocycles. The molecule has 1 heterocycles. The average molecular weight is 264 g/mol. The van der Waals surface area contributed by atoms with Crippen molar-refractivity contribution in [2.45, 2.75) is 6.04 Å². The molecule has 6 heteroatoms. The Kier molecular flexibility index (Phi) is 4.35. The van der Waals surface area contributed by atoms with E-state index in [4.69, 9.17) is 10.5 Å². The van der Waals surface area contributed by atoms with Gasteiger partial charge in [0, 0.05) is 0 Å². The first-order valence-electron chi connectivity index (χ1n) is 6.25. The quantitative estimate of drug-likeness (QED) is 0.681. The molecule has 1 atom stereocenters. The highest BCUT2D eigenvalue weighted by Gasteiger charge is 2.29. The van der Waals surface area contributed by atoms with E-state index in [-0.39, 0.29) is 24.5 Å². The number of quaternary nitrogens is 1. The SMILES string of the molecule is NC(=O)[C@@H]1CN(C(=O)COc2ccccc2)CC[NH2+]1. The van der Waals surface area contributed by atoms with Crippen LogP contribution < -0.4 is 15.8 Å². The molecule has 1 fully saturated rings. The molecule has 2 amide bonds. The Balaban J connectivity index is 1.84. The number of para-hydroxylation sites is 1. The molecular formula is C13H18N3O3+. The maximum absolute atomic E-state index is 12.0. The highest BCUT2D eigenvalue weighted by Crippen LogP contribution is 2.08. The standard InChI is InChI=1S/C13H17N3O3/c14-13(18)11-8-16(7-6-15-11)12(17)9-19-10-4-2-1-3-5-10/h1-5,11,15H,6-9H2,(H2,14,18)/p+1/t11-/m0/s1. The fourth-order valence-corrected chi connectivity index (χ4v) is 2.02. The number of carbonyl (C=O) groups excluding carboxylic acids is 2. The van der Waals surface area contributed by atoms with E-state index in [9.17, 15) is 9.59 Å². The van der Waals surface area contributed by atoms with E-state index >= 15 is 0 Å². The number of carbonyl (C=O) groups is 2. The normalized spacial score (nSPS) is 18.9. The summed E-state index contributed by atoms with van der Waals surface area (Å²) in [6, 6.07) is 8.81. The lowest BCUT2D eigenvalue weighted by atomic mass is 10.2. The van der Waals surface area contributed by atoms with Crippen LogP contribution in [0, 0.1) is 0 Å². The van der Waals surface area contributed by atoms with Crippen LogP contribution >= 0.6 is 0 Å². The molecule has 0 spiro atoms. The van der Waals surface area contributed by atoms with Gasteiger partial charge in [-0.05, 0) is 12.1 Å². The van der Waals surface area contributed by atoms with Gasteiger partial charge in [-0.2, -0.15) is 0 Å². The van der Waals surface area contributed by atoms with Crippen molar-refractivity contribution < 1.29 is 19.6 Å². The van der Waals surface area contributed by atoms with Gasteiger partial charge in [0.2, 0.25) is 0 Å². The number of ether oxygens (including phenoxy) is 1. The molecule has 0 radical (unpaired) electrons. The van der Waals surface area contributed by atoms with Crippen LogP contribution in [0.15, 0.2) is 30.3 Å². The first kappa shape index (κ1) is 13.4. The number of amides is 2. The minimum absolute atomic E-state index is 0.0184. The molecule has 102 valence electrons. The van der Waals surface area contributed by atoms with Gasteiger partial charge < -0.3 is 20.7 Å². The molecule has 1 aromatic rings. The van der Waals surface area contributed by atoms with Crippen molar-refractivity contribution in [2.24, 2.45) is 5.73 Å². The summed E-state index contributed by atoms with van der Waals surface area (Å²) in [5, 5.41) is 1.87. The van der Waals surface area contributed by atoms with Crippen LogP contribution in [0.5, 0.6) is 5.75 Å². The van der Waals surface area contributed by atoms with E-state index in [0.717, 1.165) is 0 Å². The Labute approximate surface area is 111 Å². The highest BCUT2D eigenvalue weighted by molar-refractivity contribution is 5.81. The Morgan fingerprint density at radius 2 is 2.11 bits per heavy atom. The second-order valence-electron chi connectivity index (χ2n) is 4.47. The summed E-state index contributed by atoms with van der Waals surface area (Å²) in [5.41, 5.74) is 5.26. The number of hydrogen-bond acceptors (Lipinski definition) is 3. The first-order valence-corrected chi connectivity index (χ1v) is 6.25. The largest absolute Gasteiger partial charge is 0.484 e. The zero-order chi connectivity index (χ0) is 13.7. The van der Waals surface area contributed by atoms with Gasteiger partial charge in [-0.1, -0.05) is 18.2 Å². The zero-order valence-electron chi connectivity index (χ0n) is 10.6. The Morgan fingerprint density at radius 3 is 2.79 bits per heavy atom. The van der Waals surface area contributed by atoms with Gasteiger partial charge >= 0.3 is 0 Å². The molecule has 19 heavy (non-hydrogen) atoms. The van der Waals surface area contributed by atoms with E-state index < -0.39 is 0 Å². The summed E-state index contributed by atoms with van der Waals surface area (Å²) in [4.78, 5) is 24.7. The average Bonchev–Trinajstić information content (AvgIpc) is 2.46. The third-order valence-electron chi connectivity index (χ3n) is 3.09. The van der Waals surface area contributed by atoms with Gasteiger partial charge in [-0.15, -0.1) is 0 Å². The molecule has 6 nitrogen and oxygen atoms in total. The van der Waals surface area contributed by atoms with Crippen molar-refractivity contribution >= 4 is 11.8 Å². The van der Waals surface area contributed by atoms with E-state index in [0.29, 0.717) is 25.4 Å². The maximum Gasteiger partial charge on any atom is 0.277 e. The van der Waals surface area contributed by atoms with Crippen LogP contribution in [0.4, 0.5) is 0 Å². The second-order valence-corrected chi connectivity index (χ2v) is 4.47. The molecular weight excluding hydrogens is 246 g/mol. The number of hydrogen-bond donors (Lipinski definition) is 2. The summed E-state index contributed by atoms with van der Waals surface area (Å²) in [6.45, 7) is 1.63. The summed E-state index contributed by atoms with van der Waals surface area (Å²) in [7, 11) is 0. The molecule has 4 N–H and O–H groups in total. The van der Waals surface area contributed by atoms with Crippen LogP contribution in [0.3, 0.4) is 0 Å². The molecule has 0 bridgehead atoms. The van der Waals surface area contributed by atoms with Gasteiger partial charge in [0.15, 0.2) is 12.6 Å². The summed E-state index contributed by atoms with van der Waals surface area (Å²) in [5.74, 6) is 0.149. The predicted octanol–water partition coefficient (Wildman–Crippen LogP) is -1.68. The topological polar surface area (TPSA) is 89.2 Å². The van der Waals surface area contributed by atoms with Crippen molar-refractivity contribution in [2.75, 3.05) is 26.2 Å². The van der Waals surface area contributed by atoms with Crippen LogP contribution in [0.1, 0.15) is 0 Å². The third-order valence-corrected chi connectivity index (χ3v) is 3.09. The molecule has 0 saturated carbocycles. The predicted molar refractivity (Wildman–Crippen MR) is 68.3 cm³/mol. The molecule has 0 unspecified atom stereocenters. The van der Waals surface area contributed by atoms with E-state index in [2.05, 4.69) is 0 Å². The van der Waals surface area contributed by atoms with Crippen molar-refractivity contribution in [1.29, 1.82) is 0 Å². The maximum atomic E-state index is 12.0. The van der Waals surface area contributed by atoms with Crippen molar-refractivity contribution in [1.82, 2.24) is 4.90 Å². The third kappa shape index (κ3) is 3.69. The minimum Gasteiger partial charge on any atom is -0.484 e. The van der Waals surface area contributed by atoms with E-state index in [1.165, 1.54) is 0 Å². The smallest absolute Gasteiger partial charge is 0.277 e. The lowest BCUT2D eigenvalue weighted by molar-refractivity contribution is -0.684. The molecule has 1 aromatic carbocycles. The fourth-order valence-electron chi connectivity index (χ4n) is 2.02. The van der Waals surface area contributed by atoms with Crippen LogP contribution in [0.25, 0.3) is 0 Å².